The van der Waals surface area contributed by atoms with Crippen LogP contribution in [0.5, 0.6) is 5.75 Å². The number of aromatic nitrogens is 2. The quantitative estimate of drug-likeness (QED) is 0.630. The van der Waals surface area contributed by atoms with E-state index in [0.29, 0.717) is 25.3 Å². The van der Waals surface area contributed by atoms with Crippen molar-refractivity contribution in [2.75, 3.05) is 19.1 Å². The Kier molecular flexibility index (Phi) is 7.44. The number of carbonyl (C=O) groups excluding carboxylic acids is 2. The van der Waals surface area contributed by atoms with Crippen LogP contribution in [-0.2, 0) is 9.59 Å². The number of ether oxygens (including phenoxy) is 1. The van der Waals surface area contributed by atoms with E-state index in [1.807, 2.05) is 49.1 Å². The van der Waals surface area contributed by atoms with Crippen LogP contribution in [-0.4, -0.2) is 40.3 Å². The monoisotopic (exact) mass is 425 g/mol. The van der Waals surface area contributed by atoms with E-state index in [0.717, 1.165) is 35.5 Å². The van der Waals surface area contributed by atoms with Gasteiger partial charge >= 0.3 is 0 Å². The van der Waals surface area contributed by atoms with E-state index in [1.54, 1.807) is 7.11 Å². The molecule has 1 aliphatic heterocycles. The number of anilines is 1. The molecule has 8 nitrogen and oxygen atoms in total. The van der Waals surface area contributed by atoms with Crippen LogP contribution in [0, 0.1) is 19.8 Å². The lowest BCUT2D eigenvalue weighted by Crippen LogP contribution is -2.49. The summed E-state index contributed by atoms with van der Waals surface area (Å²) in [6.45, 7) is 6.47. The maximum atomic E-state index is 13.2. The molecule has 2 heterocycles. The van der Waals surface area contributed by atoms with Crippen LogP contribution < -0.4 is 15.6 Å². The van der Waals surface area contributed by atoms with Gasteiger partial charge in [-0.05, 0) is 50.5 Å². The van der Waals surface area contributed by atoms with Crippen molar-refractivity contribution in [3.8, 4) is 5.75 Å². The highest BCUT2D eigenvalue weighted by Crippen LogP contribution is 2.37. The summed E-state index contributed by atoms with van der Waals surface area (Å²) in [6, 6.07) is 9.13. The highest BCUT2D eigenvalue weighted by atomic mass is 16.5. The van der Waals surface area contributed by atoms with Crippen LogP contribution in [0.4, 0.5) is 5.95 Å². The zero-order valence-electron chi connectivity index (χ0n) is 18.6. The van der Waals surface area contributed by atoms with Crippen LogP contribution in [0.25, 0.3) is 0 Å². The average molecular weight is 426 g/mol. The molecule has 2 amide bonds. The second kappa shape index (κ2) is 10.2. The number of unbranched alkanes of at least 4 members (excludes halogenated alkanes) is 1. The molecule has 2 atom stereocenters. The minimum Gasteiger partial charge on any atom is -0.497 e. The Balaban J connectivity index is 1.83. The first-order valence-corrected chi connectivity index (χ1v) is 10.7. The fraction of sp³-hybridized carbons (Fsp3) is 0.478. The Labute approximate surface area is 183 Å². The number of nitrogens with one attached hydrogen (secondary N) is 2. The molecule has 0 aliphatic carbocycles. The molecule has 0 bridgehead atoms. The van der Waals surface area contributed by atoms with Gasteiger partial charge in [0, 0.05) is 24.4 Å². The Morgan fingerprint density at radius 2 is 1.87 bits per heavy atom. The molecule has 8 heteroatoms. The summed E-state index contributed by atoms with van der Waals surface area (Å²) < 4.78 is 5.27. The summed E-state index contributed by atoms with van der Waals surface area (Å²) >= 11 is 0. The van der Waals surface area contributed by atoms with E-state index in [9.17, 15) is 9.59 Å². The summed E-state index contributed by atoms with van der Waals surface area (Å²) in [5.74, 6) is 0.602. The molecule has 1 fully saturated rings. The second-order valence-corrected chi connectivity index (χ2v) is 7.89. The highest BCUT2D eigenvalue weighted by Gasteiger charge is 2.40. The Morgan fingerprint density at radius 3 is 2.48 bits per heavy atom. The molecule has 2 N–H and O–H groups in total. The number of hydrogen-bond acceptors (Lipinski definition) is 6. The lowest BCUT2D eigenvalue weighted by molar-refractivity contribution is -0.143. The molecular formula is C23H31N5O3. The van der Waals surface area contributed by atoms with Gasteiger partial charge in [0.05, 0.1) is 19.1 Å². The molecule has 1 saturated heterocycles. The maximum Gasteiger partial charge on any atom is 0.243 e. The zero-order chi connectivity index (χ0) is 22.4. The number of carbonyl (C=O) groups is 2. The molecule has 0 unspecified atom stereocenters. The lowest BCUT2D eigenvalue weighted by atomic mass is 9.83. The largest absolute Gasteiger partial charge is 0.497 e. The number of likely N-dealkylation sites (tertiary alicyclic amines) is 1. The number of piperidine rings is 1. The summed E-state index contributed by atoms with van der Waals surface area (Å²) in [6.07, 6.45) is 2.71. The predicted octanol–water partition coefficient (Wildman–Crippen LogP) is 3.33. The minimum atomic E-state index is -0.388. The molecule has 2 aromatic rings. The number of methoxy groups -OCH3 is 1. The molecule has 31 heavy (non-hydrogen) atoms. The van der Waals surface area contributed by atoms with Crippen molar-refractivity contribution >= 4 is 17.8 Å². The SMILES string of the molecule is CCCCN1C(=O)CC[C@@H](C(=O)NNc2nc(C)cc(C)n2)[C@H]1c1ccc(OC)cc1. The summed E-state index contributed by atoms with van der Waals surface area (Å²) in [4.78, 5) is 36.4. The zero-order valence-corrected chi connectivity index (χ0v) is 18.6. The maximum absolute atomic E-state index is 13.2. The summed E-state index contributed by atoms with van der Waals surface area (Å²) in [7, 11) is 1.61. The molecule has 0 spiro atoms. The number of rotatable bonds is 8. The first-order valence-electron chi connectivity index (χ1n) is 10.7. The van der Waals surface area contributed by atoms with E-state index in [-0.39, 0.29) is 23.8 Å². The van der Waals surface area contributed by atoms with E-state index >= 15 is 0 Å². The van der Waals surface area contributed by atoms with Gasteiger partial charge in [0.1, 0.15) is 5.75 Å². The van der Waals surface area contributed by atoms with Crippen molar-refractivity contribution in [2.45, 2.75) is 52.5 Å². The van der Waals surface area contributed by atoms with Gasteiger partial charge in [-0.25, -0.2) is 9.97 Å². The number of aryl methyl sites for hydroxylation is 2. The Bertz CT molecular complexity index is 896. The Hall–Kier alpha value is -3.16. The van der Waals surface area contributed by atoms with Crippen molar-refractivity contribution in [1.82, 2.24) is 20.3 Å². The molecule has 0 radical (unpaired) electrons. The average Bonchev–Trinajstić information content (AvgIpc) is 2.76. The topological polar surface area (TPSA) is 96.5 Å². The van der Waals surface area contributed by atoms with Crippen molar-refractivity contribution in [3.63, 3.8) is 0 Å². The number of hydrogen-bond donors (Lipinski definition) is 2. The summed E-state index contributed by atoms with van der Waals surface area (Å²) in [5, 5.41) is 0. The summed E-state index contributed by atoms with van der Waals surface area (Å²) in [5.41, 5.74) is 8.15. The van der Waals surface area contributed by atoms with E-state index in [4.69, 9.17) is 4.74 Å². The first kappa shape index (κ1) is 22.5. The van der Waals surface area contributed by atoms with Crippen LogP contribution >= 0.6 is 0 Å². The predicted molar refractivity (Wildman–Crippen MR) is 118 cm³/mol. The van der Waals surface area contributed by atoms with Crippen molar-refractivity contribution in [3.05, 3.63) is 47.3 Å². The van der Waals surface area contributed by atoms with E-state index < -0.39 is 0 Å². The smallest absolute Gasteiger partial charge is 0.243 e. The van der Waals surface area contributed by atoms with Gasteiger partial charge in [-0.3, -0.25) is 20.4 Å². The van der Waals surface area contributed by atoms with Crippen LogP contribution in [0.2, 0.25) is 0 Å². The van der Waals surface area contributed by atoms with Gasteiger partial charge in [-0.2, -0.15) is 0 Å². The molecule has 1 aromatic heterocycles. The fourth-order valence-electron chi connectivity index (χ4n) is 4.02. The van der Waals surface area contributed by atoms with Crippen molar-refractivity contribution < 1.29 is 14.3 Å². The van der Waals surface area contributed by atoms with Crippen LogP contribution in [0.3, 0.4) is 0 Å². The van der Waals surface area contributed by atoms with Gasteiger partial charge in [0.2, 0.25) is 17.8 Å². The normalized spacial score (nSPS) is 18.6. The first-order chi connectivity index (χ1) is 14.9. The van der Waals surface area contributed by atoms with Gasteiger partial charge in [0.15, 0.2) is 0 Å². The third-order valence-electron chi connectivity index (χ3n) is 5.53. The van der Waals surface area contributed by atoms with Gasteiger partial charge < -0.3 is 9.64 Å². The number of benzene rings is 1. The Morgan fingerprint density at radius 1 is 1.19 bits per heavy atom. The van der Waals surface area contributed by atoms with Gasteiger partial charge in [-0.15, -0.1) is 0 Å². The van der Waals surface area contributed by atoms with Crippen molar-refractivity contribution in [1.29, 1.82) is 0 Å². The van der Waals surface area contributed by atoms with E-state index in [2.05, 4.69) is 27.7 Å². The standard InChI is InChI=1S/C23H31N5O3/c1-5-6-13-28-20(29)12-11-19(21(28)17-7-9-18(31-4)10-8-17)22(30)26-27-23-24-15(2)14-16(3)25-23/h7-10,14,19,21H,5-6,11-13H2,1-4H3,(H,26,30)(H,24,25,27)/t19-,21-/m1/s1. The third kappa shape index (κ3) is 5.51. The van der Waals surface area contributed by atoms with E-state index in [1.165, 1.54) is 0 Å². The molecule has 166 valence electrons. The lowest BCUT2D eigenvalue weighted by Gasteiger charge is -2.41. The number of nitrogens with zero attached hydrogens (tertiary/aromatic N) is 3. The third-order valence-corrected chi connectivity index (χ3v) is 5.53. The molecule has 1 aliphatic rings. The molecular weight excluding hydrogens is 394 g/mol. The van der Waals surface area contributed by atoms with Crippen LogP contribution in [0.15, 0.2) is 30.3 Å². The second-order valence-electron chi connectivity index (χ2n) is 7.89. The van der Waals surface area contributed by atoms with Crippen LogP contribution in [0.1, 0.15) is 55.6 Å². The van der Waals surface area contributed by atoms with Gasteiger partial charge in [-0.1, -0.05) is 25.5 Å². The van der Waals surface area contributed by atoms with Gasteiger partial charge in [0.25, 0.3) is 0 Å². The molecule has 3 rings (SSSR count). The highest BCUT2D eigenvalue weighted by molar-refractivity contribution is 5.85. The number of amides is 2. The number of hydrazine groups is 1. The van der Waals surface area contributed by atoms with Crippen molar-refractivity contribution in [2.24, 2.45) is 5.92 Å². The molecule has 0 saturated carbocycles. The minimum absolute atomic E-state index is 0.0870. The fourth-order valence-corrected chi connectivity index (χ4v) is 4.02. The molecule has 1 aromatic carbocycles.